The predicted molar refractivity (Wildman–Crippen MR) is 78.9 cm³/mol. The number of carbonyl (C=O) groups excluding carboxylic acids is 1. The molecule has 0 amide bonds. The zero-order chi connectivity index (χ0) is 13.8. The van der Waals surface area contributed by atoms with Crippen LogP contribution in [0.15, 0.2) is 12.1 Å². The molecule has 1 atom stereocenters. The summed E-state index contributed by atoms with van der Waals surface area (Å²) in [5, 5.41) is 9.57. The molecule has 1 fully saturated rings. The summed E-state index contributed by atoms with van der Waals surface area (Å²) in [6.07, 6.45) is 2.77. The molecule has 3 nitrogen and oxygen atoms in total. The van der Waals surface area contributed by atoms with Gasteiger partial charge in [-0.15, -0.1) is 11.3 Å². The van der Waals surface area contributed by atoms with Crippen LogP contribution in [0.4, 0.5) is 0 Å². The van der Waals surface area contributed by atoms with Gasteiger partial charge in [0.2, 0.25) is 0 Å². The lowest BCUT2D eigenvalue weighted by atomic mass is 9.92. The quantitative estimate of drug-likeness (QED) is 0.843. The summed E-state index contributed by atoms with van der Waals surface area (Å²) in [4.78, 5) is 16.5. The van der Waals surface area contributed by atoms with Crippen LogP contribution in [-0.4, -0.2) is 41.5 Å². The Morgan fingerprint density at radius 1 is 1.47 bits per heavy atom. The number of hydrogen-bond acceptors (Lipinski definition) is 4. The Labute approximate surface area is 119 Å². The lowest BCUT2D eigenvalue weighted by molar-refractivity contribution is 0.0666. The maximum absolute atomic E-state index is 12.2. The molecule has 0 spiro atoms. The number of aliphatic hydroxyl groups excluding tert-OH is 1. The summed E-state index contributed by atoms with van der Waals surface area (Å²) in [6, 6.07) is 4.01. The highest BCUT2D eigenvalue weighted by atomic mass is 32.1. The second kappa shape index (κ2) is 6.64. The van der Waals surface area contributed by atoms with Gasteiger partial charge in [0.15, 0.2) is 5.78 Å². The fourth-order valence-corrected chi connectivity index (χ4v) is 3.47. The highest BCUT2D eigenvalue weighted by molar-refractivity contribution is 7.14. The van der Waals surface area contributed by atoms with Gasteiger partial charge in [-0.3, -0.25) is 9.69 Å². The van der Waals surface area contributed by atoms with Gasteiger partial charge in [-0.1, -0.05) is 6.92 Å². The fourth-order valence-electron chi connectivity index (χ4n) is 2.59. The van der Waals surface area contributed by atoms with Crippen LogP contribution in [0.5, 0.6) is 0 Å². The third-order valence-electron chi connectivity index (χ3n) is 3.97. The first-order valence-corrected chi connectivity index (χ1v) is 7.94. The van der Waals surface area contributed by atoms with Crippen molar-refractivity contribution in [1.29, 1.82) is 0 Å². The average Bonchev–Trinajstić information content (AvgIpc) is 2.88. The molecule has 1 aromatic rings. The standard InChI is InChI=1S/C15H23NO2S/c1-3-13-4-5-15(19-13)14(18)10-16-8-6-12(7-9-16)11(2)17/h4-5,11-12,17H,3,6-10H2,1-2H3. The molecule has 0 bridgehead atoms. The molecule has 0 aromatic carbocycles. The fraction of sp³-hybridized carbons (Fsp3) is 0.667. The average molecular weight is 281 g/mol. The first kappa shape index (κ1) is 14.7. The molecule has 0 aliphatic carbocycles. The molecule has 0 saturated carbocycles. The van der Waals surface area contributed by atoms with Gasteiger partial charge in [0.05, 0.1) is 17.5 Å². The summed E-state index contributed by atoms with van der Waals surface area (Å²) in [5.41, 5.74) is 0. The van der Waals surface area contributed by atoms with Crippen molar-refractivity contribution in [3.63, 3.8) is 0 Å². The largest absolute Gasteiger partial charge is 0.393 e. The Morgan fingerprint density at radius 2 is 2.16 bits per heavy atom. The van der Waals surface area contributed by atoms with Crippen LogP contribution in [0.1, 0.15) is 41.2 Å². The predicted octanol–water partition coefficient (Wildman–Crippen LogP) is 2.59. The summed E-state index contributed by atoms with van der Waals surface area (Å²) < 4.78 is 0. The van der Waals surface area contributed by atoms with E-state index in [2.05, 4.69) is 17.9 Å². The minimum Gasteiger partial charge on any atom is -0.393 e. The number of piperidine rings is 1. The Kier molecular flexibility index (Phi) is 5.13. The molecule has 1 aliphatic rings. The highest BCUT2D eigenvalue weighted by Gasteiger charge is 2.24. The molecule has 1 N–H and O–H groups in total. The lowest BCUT2D eigenvalue weighted by Crippen LogP contribution is -2.39. The SMILES string of the molecule is CCc1ccc(C(=O)CN2CCC(C(C)O)CC2)s1. The third kappa shape index (κ3) is 3.88. The highest BCUT2D eigenvalue weighted by Crippen LogP contribution is 2.22. The monoisotopic (exact) mass is 281 g/mol. The van der Waals surface area contributed by atoms with Crippen molar-refractivity contribution in [3.05, 3.63) is 21.9 Å². The molecule has 4 heteroatoms. The first-order valence-electron chi connectivity index (χ1n) is 7.12. The number of aliphatic hydroxyl groups is 1. The van der Waals surface area contributed by atoms with E-state index < -0.39 is 0 Å². The van der Waals surface area contributed by atoms with Crippen LogP contribution >= 0.6 is 11.3 Å². The molecule has 0 radical (unpaired) electrons. The van der Waals surface area contributed by atoms with E-state index in [1.54, 1.807) is 11.3 Å². The van der Waals surface area contributed by atoms with E-state index in [-0.39, 0.29) is 11.9 Å². The van der Waals surface area contributed by atoms with Crippen LogP contribution in [0.25, 0.3) is 0 Å². The van der Waals surface area contributed by atoms with E-state index >= 15 is 0 Å². The van der Waals surface area contributed by atoms with Crippen LogP contribution < -0.4 is 0 Å². The Balaban J connectivity index is 1.83. The number of carbonyl (C=O) groups is 1. The number of rotatable bonds is 5. The molecule has 1 aromatic heterocycles. The minimum absolute atomic E-state index is 0.220. The number of nitrogens with zero attached hydrogens (tertiary/aromatic N) is 1. The molecule has 1 unspecified atom stereocenters. The van der Waals surface area contributed by atoms with Crippen LogP contribution in [-0.2, 0) is 6.42 Å². The van der Waals surface area contributed by atoms with Gasteiger partial charge >= 0.3 is 0 Å². The molecular weight excluding hydrogens is 258 g/mol. The normalized spacial score (nSPS) is 19.5. The summed E-state index contributed by atoms with van der Waals surface area (Å²) in [6.45, 7) is 6.35. The van der Waals surface area contributed by atoms with Crippen molar-refractivity contribution < 1.29 is 9.90 Å². The maximum Gasteiger partial charge on any atom is 0.186 e. The Hall–Kier alpha value is -0.710. The van der Waals surface area contributed by atoms with Crippen molar-refractivity contribution in [2.75, 3.05) is 19.6 Å². The second-order valence-corrected chi connectivity index (χ2v) is 6.57. The summed E-state index contributed by atoms with van der Waals surface area (Å²) >= 11 is 1.62. The zero-order valence-corrected chi connectivity index (χ0v) is 12.6. The maximum atomic E-state index is 12.2. The van der Waals surface area contributed by atoms with Gasteiger partial charge in [-0.2, -0.15) is 0 Å². The van der Waals surface area contributed by atoms with Crippen molar-refractivity contribution in [3.8, 4) is 0 Å². The molecule has 1 aliphatic heterocycles. The number of ketones is 1. The van der Waals surface area contributed by atoms with E-state index in [4.69, 9.17) is 0 Å². The zero-order valence-electron chi connectivity index (χ0n) is 11.8. The minimum atomic E-state index is -0.220. The van der Waals surface area contributed by atoms with Gasteiger partial charge in [-0.05, 0) is 57.3 Å². The number of aryl methyl sites for hydroxylation is 1. The van der Waals surface area contributed by atoms with Gasteiger partial charge < -0.3 is 5.11 Å². The van der Waals surface area contributed by atoms with Gasteiger partial charge in [-0.25, -0.2) is 0 Å². The van der Waals surface area contributed by atoms with E-state index in [1.807, 2.05) is 13.0 Å². The molecule has 2 heterocycles. The first-order chi connectivity index (χ1) is 9.10. The molecular formula is C15H23NO2S. The van der Waals surface area contributed by atoms with Gasteiger partial charge in [0.25, 0.3) is 0 Å². The second-order valence-electron chi connectivity index (χ2n) is 5.40. The van der Waals surface area contributed by atoms with Gasteiger partial charge in [0.1, 0.15) is 0 Å². The molecule has 2 rings (SSSR count). The van der Waals surface area contributed by atoms with Crippen LogP contribution in [0, 0.1) is 5.92 Å². The molecule has 106 valence electrons. The van der Waals surface area contributed by atoms with E-state index in [1.165, 1.54) is 4.88 Å². The number of Topliss-reactive ketones (excluding diaryl/α,β-unsaturated/α-hetero) is 1. The van der Waals surface area contributed by atoms with E-state index in [0.717, 1.165) is 37.2 Å². The van der Waals surface area contributed by atoms with Crippen molar-refractivity contribution >= 4 is 17.1 Å². The van der Waals surface area contributed by atoms with Crippen molar-refractivity contribution in [2.24, 2.45) is 5.92 Å². The topological polar surface area (TPSA) is 40.5 Å². The van der Waals surface area contributed by atoms with Crippen LogP contribution in [0.2, 0.25) is 0 Å². The van der Waals surface area contributed by atoms with Crippen molar-refractivity contribution in [1.82, 2.24) is 4.90 Å². The smallest absolute Gasteiger partial charge is 0.186 e. The third-order valence-corrected chi connectivity index (χ3v) is 5.24. The van der Waals surface area contributed by atoms with E-state index in [9.17, 15) is 9.90 Å². The summed E-state index contributed by atoms with van der Waals surface area (Å²) in [5.74, 6) is 0.639. The number of likely N-dealkylation sites (tertiary alicyclic amines) is 1. The lowest BCUT2D eigenvalue weighted by Gasteiger charge is -2.32. The molecule has 1 saturated heterocycles. The van der Waals surface area contributed by atoms with Crippen molar-refractivity contribution in [2.45, 2.75) is 39.2 Å². The van der Waals surface area contributed by atoms with E-state index in [0.29, 0.717) is 12.5 Å². The Morgan fingerprint density at radius 3 is 2.68 bits per heavy atom. The summed E-state index contributed by atoms with van der Waals surface area (Å²) in [7, 11) is 0. The Bertz CT molecular complexity index is 420. The van der Waals surface area contributed by atoms with Crippen LogP contribution in [0.3, 0.4) is 0 Å². The number of thiophene rings is 1. The number of hydrogen-bond donors (Lipinski definition) is 1. The molecule has 19 heavy (non-hydrogen) atoms. The van der Waals surface area contributed by atoms with Gasteiger partial charge in [0, 0.05) is 4.88 Å².